The fourth-order valence-corrected chi connectivity index (χ4v) is 2.25. The lowest BCUT2D eigenvalue weighted by Gasteiger charge is -2.08. The third-order valence-electron chi connectivity index (χ3n) is 3.28. The van der Waals surface area contributed by atoms with E-state index in [0.717, 1.165) is 23.1 Å². The van der Waals surface area contributed by atoms with E-state index in [4.69, 9.17) is 4.74 Å². The highest BCUT2D eigenvalue weighted by Crippen LogP contribution is 2.20. The number of aromatic nitrogens is 2. The summed E-state index contributed by atoms with van der Waals surface area (Å²) in [5.74, 6) is -1.15. The fourth-order valence-electron chi connectivity index (χ4n) is 2.25. The number of halogens is 2. The molecule has 0 aliphatic rings. The molecular weight excluding hydrogens is 276 g/mol. The number of rotatable bonds is 6. The van der Waals surface area contributed by atoms with Crippen molar-refractivity contribution < 1.29 is 13.5 Å². The van der Waals surface area contributed by atoms with Gasteiger partial charge in [0.15, 0.2) is 0 Å². The van der Waals surface area contributed by atoms with Gasteiger partial charge in [0.2, 0.25) is 0 Å². The monoisotopic (exact) mass is 295 g/mol. The molecule has 2 rings (SSSR count). The number of anilines is 1. The van der Waals surface area contributed by atoms with Crippen LogP contribution < -0.4 is 5.32 Å². The molecule has 4 nitrogen and oxygen atoms in total. The van der Waals surface area contributed by atoms with E-state index in [9.17, 15) is 8.78 Å². The number of benzene rings is 1. The van der Waals surface area contributed by atoms with Crippen molar-refractivity contribution in [3.05, 3.63) is 46.8 Å². The predicted molar refractivity (Wildman–Crippen MR) is 77.3 cm³/mol. The summed E-state index contributed by atoms with van der Waals surface area (Å²) in [7, 11) is 1.64. The summed E-state index contributed by atoms with van der Waals surface area (Å²) in [6.45, 7) is 5.43. The van der Waals surface area contributed by atoms with Crippen molar-refractivity contribution in [2.24, 2.45) is 0 Å². The molecule has 0 aliphatic heterocycles. The number of methoxy groups -OCH3 is 1. The predicted octanol–water partition coefficient (Wildman–Crippen LogP) is 3.04. The van der Waals surface area contributed by atoms with Gasteiger partial charge in [0, 0.05) is 19.7 Å². The van der Waals surface area contributed by atoms with Crippen LogP contribution in [0.4, 0.5) is 14.5 Å². The highest BCUT2D eigenvalue weighted by Gasteiger charge is 2.11. The molecule has 0 amide bonds. The number of nitrogens with zero attached hydrogens (tertiary/aromatic N) is 2. The molecule has 6 heteroatoms. The van der Waals surface area contributed by atoms with Gasteiger partial charge in [-0.3, -0.25) is 4.68 Å². The summed E-state index contributed by atoms with van der Waals surface area (Å²) in [4.78, 5) is 0. The van der Waals surface area contributed by atoms with Gasteiger partial charge in [-0.05, 0) is 31.5 Å². The molecule has 0 atom stereocenters. The van der Waals surface area contributed by atoms with Gasteiger partial charge in [-0.2, -0.15) is 5.10 Å². The van der Waals surface area contributed by atoms with Crippen LogP contribution in [0, 0.1) is 25.5 Å². The van der Waals surface area contributed by atoms with Crippen LogP contribution in [-0.4, -0.2) is 23.5 Å². The van der Waals surface area contributed by atoms with Gasteiger partial charge in [0.1, 0.15) is 11.6 Å². The summed E-state index contributed by atoms with van der Waals surface area (Å²) in [5.41, 5.74) is 3.26. The summed E-state index contributed by atoms with van der Waals surface area (Å²) in [6, 6.07) is 3.50. The number of hydrogen-bond acceptors (Lipinski definition) is 3. The first kappa shape index (κ1) is 15.4. The smallest absolute Gasteiger partial charge is 0.126 e. The molecule has 0 aliphatic carbocycles. The van der Waals surface area contributed by atoms with Gasteiger partial charge in [-0.1, -0.05) is 0 Å². The van der Waals surface area contributed by atoms with Crippen LogP contribution >= 0.6 is 0 Å². The van der Waals surface area contributed by atoms with Gasteiger partial charge < -0.3 is 10.1 Å². The van der Waals surface area contributed by atoms with E-state index in [0.29, 0.717) is 25.3 Å². The number of hydrogen-bond donors (Lipinski definition) is 1. The maximum Gasteiger partial charge on any atom is 0.126 e. The van der Waals surface area contributed by atoms with E-state index in [2.05, 4.69) is 10.4 Å². The lowest BCUT2D eigenvalue weighted by atomic mass is 10.2. The second-order valence-electron chi connectivity index (χ2n) is 4.89. The molecule has 2 aromatic rings. The highest BCUT2D eigenvalue weighted by atomic mass is 19.1. The van der Waals surface area contributed by atoms with Crippen molar-refractivity contribution in [2.45, 2.75) is 26.9 Å². The number of nitrogens with one attached hydrogen (secondary N) is 1. The highest BCUT2D eigenvalue weighted by molar-refractivity contribution is 5.52. The normalized spacial score (nSPS) is 10.9. The Balaban J connectivity index is 2.10. The molecule has 1 aromatic heterocycles. The molecule has 114 valence electrons. The maximum absolute atomic E-state index is 13.2. The van der Waals surface area contributed by atoms with Crippen LogP contribution in [-0.2, 0) is 17.8 Å². The molecule has 0 radical (unpaired) electrons. The van der Waals surface area contributed by atoms with Crippen LogP contribution in [0.25, 0.3) is 0 Å². The second kappa shape index (κ2) is 6.67. The summed E-state index contributed by atoms with van der Waals surface area (Å²) < 4.78 is 33.2. The van der Waals surface area contributed by atoms with Crippen LogP contribution in [0.3, 0.4) is 0 Å². The van der Waals surface area contributed by atoms with Crippen molar-refractivity contribution in [2.75, 3.05) is 19.0 Å². The maximum atomic E-state index is 13.2. The van der Waals surface area contributed by atoms with Gasteiger partial charge in [-0.15, -0.1) is 0 Å². The van der Waals surface area contributed by atoms with Crippen LogP contribution in [0.5, 0.6) is 0 Å². The Labute approximate surface area is 122 Å². The molecule has 1 N–H and O–H groups in total. The zero-order chi connectivity index (χ0) is 15.4. The molecule has 0 saturated carbocycles. The van der Waals surface area contributed by atoms with E-state index in [1.54, 1.807) is 7.11 Å². The zero-order valence-corrected chi connectivity index (χ0v) is 12.4. The van der Waals surface area contributed by atoms with E-state index in [1.165, 1.54) is 12.1 Å². The molecule has 1 heterocycles. The standard InChI is InChI=1S/C15H19F2N3O/c1-10-15(11(2)20(19-10)4-5-21-3)18-9-12-6-13(16)8-14(17)7-12/h6-8,18H,4-5,9H2,1-3H3. The molecule has 0 unspecified atom stereocenters. The van der Waals surface area contributed by atoms with Crippen molar-refractivity contribution in [3.8, 4) is 0 Å². The Morgan fingerprint density at radius 3 is 2.48 bits per heavy atom. The topological polar surface area (TPSA) is 39.1 Å². The van der Waals surface area contributed by atoms with Crippen LogP contribution in [0.15, 0.2) is 18.2 Å². The minimum atomic E-state index is -0.573. The Kier molecular flexibility index (Phi) is 4.90. The summed E-state index contributed by atoms with van der Waals surface area (Å²) in [5, 5.41) is 7.61. The average Bonchev–Trinajstić information content (AvgIpc) is 2.68. The molecule has 21 heavy (non-hydrogen) atoms. The molecular formula is C15H19F2N3O. The number of ether oxygens (including phenoxy) is 1. The van der Waals surface area contributed by atoms with Gasteiger partial charge in [-0.25, -0.2) is 8.78 Å². The van der Waals surface area contributed by atoms with Gasteiger partial charge in [0.25, 0.3) is 0 Å². The van der Waals surface area contributed by atoms with E-state index >= 15 is 0 Å². The van der Waals surface area contributed by atoms with E-state index < -0.39 is 11.6 Å². The Morgan fingerprint density at radius 2 is 1.86 bits per heavy atom. The Hall–Kier alpha value is -1.95. The van der Waals surface area contributed by atoms with E-state index in [-0.39, 0.29) is 0 Å². The van der Waals surface area contributed by atoms with Crippen molar-refractivity contribution in [1.82, 2.24) is 9.78 Å². The molecule has 0 fully saturated rings. The summed E-state index contributed by atoms with van der Waals surface area (Å²) in [6.07, 6.45) is 0. The number of aryl methyl sites for hydroxylation is 1. The minimum Gasteiger partial charge on any atom is -0.383 e. The average molecular weight is 295 g/mol. The SMILES string of the molecule is COCCn1nc(C)c(NCc2cc(F)cc(F)c2)c1C. The van der Waals surface area contributed by atoms with Gasteiger partial charge in [0.05, 0.1) is 30.2 Å². The van der Waals surface area contributed by atoms with Crippen molar-refractivity contribution in [1.29, 1.82) is 0 Å². The van der Waals surface area contributed by atoms with Crippen LogP contribution in [0.2, 0.25) is 0 Å². The van der Waals surface area contributed by atoms with Crippen LogP contribution in [0.1, 0.15) is 17.0 Å². The first-order chi connectivity index (χ1) is 10.0. The Morgan fingerprint density at radius 1 is 1.19 bits per heavy atom. The molecule has 0 spiro atoms. The first-order valence-electron chi connectivity index (χ1n) is 6.73. The van der Waals surface area contributed by atoms with E-state index in [1.807, 2.05) is 18.5 Å². The first-order valence-corrected chi connectivity index (χ1v) is 6.73. The molecule has 0 saturated heterocycles. The summed E-state index contributed by atoms with van der Waals surface area (Å²) >= 11 is 0. The lowest BCUT2D eigenvalue weighted by molar-refractivity contribution is 0.182. The van der Waals surface area contributed by atoms with Crippen molar-refractivity contribution in [3.63, 3.8) is 0 Å². The fraction of sp³-hybridized carbons (Fsp3) is 0.400. The quantitative estimate of drug-likeness (QED) is 0.890. The minimum absolute atomic E-state index is 0.340. The van der Waals surface area contributed by atoms with Crippen molar-refractivity contribution >= 4 is 5.69 Å². The largest absolute Gasteiger partial charge is 0.383 e. The van der Waals surface area contributed by atoms with Gasteiger partial charge >= 0.3 is 0 Å². The zero-order valence-electron chi connectivity index (χ0n) is 12.4. The lowest BCUT2D eigenvalue weighted by Crippen LogP contribution is -2.08. The molecule has 1 aromatic carbocycles. The third kappa shape index (κ3) is 3.78. The molecule has 0 bridgehead atoms. The Bertz CT molecular complexity index is 605. The third-order valence-corrected chi connectivity index (χ3v) is 3.28. The second-order valence-corrected chi connectivity index (χ2v) is 4.89.